The fraction of sp³-hybridized carbons (Fsp3) is 0.368. The van der Waals surface area contributed by atoms with Gasteiger partial charge in [-0.15, -0.1) is 0 Å². The highest BCUT2D eigenvalue weighted by Gasteiger charge is 2.33. The van der Waals surface area contributed by atoms with Crippen LogP contribution in [0.1, 0.15) is 22.7 Å². The van der Waals surface area contributed by atoms with Crippen LogP contribution in [0.25, 0.3) is 0 Å². The number of rotatable bonds is 3. The summed E-state index contributed by atoms with van der Waals surface area (Å²) in [5.74, 6) is 2.39. The maximum absolute atomic E-state index is 5.74. The molecular formula is C19H21NO3. The summed E-state index contributed by atoms with van der Waals surface area (Å²) in [6.07, 6.45) is 1.96. The highest BCUT2D eigenvalue weighted by Crippen LogP contribution is 2.49. The van der Waals surface area contributed by atoms with E-state index >= 15 is 0 Å². The Hall–Kier alpha value is -2.20. The molecule has 1 atom stereocenters. The zero-order valence-electron chi connectivity index (χ0n) is 13.5. The molecule has 0 fully saturated rings. The van der Waals surface area contributed by atoms with Crippen LogP contribution in [-0.4, -0.2) is 32.4 Å². The summed E-state index contributed by atoms with van der Waals surface area (Å²) in [5.41, 5.74) is 3.89. The predicted molar refractivity (Wildman–Crippen MR) is 88.3 cm³/mol. The van der Waals surface area contributed by atoms with E-state index in [4.69, 9.17) is 14.2 Å². The third kappa shape index (κ3) is 2.43. The van der Waals surface area contributed by atoms with Gasteiger partial charge in [-0.2, -0.15) is 0 Å². The predicted octanol–water partition coefficient (Wildman–Crippen LogP) is 3.20. The van der Waals surface area contributed by atoms with Crippen LogP contribution in [-0.2, 0) is 12.8 Å². The van der Waals surface area contributed by atoms with E-state index in [2.05, 4.69) is 48.3 Å². The lowest BCUT2D eigenvalue weighted by molar-refractivity contribution is 0.170. The molecule has 4 rings (SSSR count). The van der Waals surface area contributed by atoms with E-state index in [1.807, 2.05) is 0 Å². The van der Waals surface area contributed by atoms with Gasteiger partial charge in [0.15, 0.2) is 11.5 Å². The summed E-state index contributed by atoms with van der Waals surface area (Å²) in [6, 6.07) is 13.0. The Morgan fingerprint density at radius 3 is 2.83 bits per heavy atom. The molecule has 0 amide bonds. The lowest BCUT2D eigenvalue weighted by Gasteiger charge is -2.36. The van der Waals surface area contributed by atoms with E-state index in [9.17, 15) is 0 Å². The van der Waals surface area contributed by atoms with Gasteiger partial charge in [-0.1, -0.05) is 30.3 Å². The average molecular weight is 311 g/mol. The summed E-state index contributed by atoms with van der Waals surface area (Å²) in [7, 11) is 3.90. The van der Waals surface area contributed by atoms with Crippen LogP contribution in [0.4, 0.5) is 0 Å². The molecule has 0 aliphatic carbocycles. The van der Waals surface area contributed by atoms with Gasteiger partial charge in [0.05, 0.1) is 7.11 Å². The van der Waals surface area contributed by atoms with Crippen LogP contribution < -0.4 is 14.2 Å². The van der Waals surface area contributed by atoms with Gasteiger partial charge in [0.1, 0.15) is 0 Å². The van der Waals surface area contributed by atoms with Gasteiger partial charge in [-0.3, -0.25) is 4.90 Å². The summed E-state index contributed by atoms with van der Waals surface area (Å²) >= 11 is 0. The van der Waals surface area contributed by atoms with E-state index in [0.717, 1.165) is 36.6 Å². The Balaban J connectivity index is 1.80. The minimum Gasteiger partial charge on any atom is -0.492 e. The molecule has 4 heteroatoms. The van der Waals surface area contributed by atoms with Crippen LogP contribution in [0.3, 0.4) is 0 Å². The van der Waals surface area contributed by atoms with Gasteiger partial charge < -0.3 is 14.2 Å². The first-order valence-electron chi connectivity index (χ1n) is 8.01. The molecule has 0 saturated carbocycles. The molecule has 0 N–H and O–H groups in total. The first kappa shape index (κ1) is 14.4. The molecule has 0 saturated heterocycles. The van der Waals surface area contributed by atoms with Crippen LogP contribution in [0.15, 0.2) is 36.4 Å². The van der Waals surface area contributed by atoms with Crippen molar-refractivity contribution in [2.45, 2.75) is 18.9 Å². The number of fused-ring (bicyclic) bond motifs is 2. The first-order chi connectivity index (χ1) is 11.3. The van der Waals surface area contributed by atoms with Crippen molar-refractivity contribution in [2.75, 3.05) is 27.5 Å². The van der Waals surface area contributed by atoms with Crippen molar-refractivity contribution in [3.8, 4) is 17.2 Å². The molecule has 0 unspecified atom stereocenters. The second-order valence-corrected chi connectivity index (χ2v) is 6.15. The highest BCUT2D eigenvalue weighted by atomic mass is 16.7. The maximum Gasteiger partial charge on any atom is 0.231 e. The first-order valence-corrected chi connectivity index (χ1v) is 8.01. The van der Waals surface area contributed by atoms with Gasteiger partial charge in [0, 0.05) is 18.2 Å². The van der Waals surface area contributed by atoms with Gasteiger partial charge in [-0.25, -0.2) is 0 Å². The zero-order chi connectivity index (χ0) is 15.8. The number of benzene rings is 2. The standard InChI is InChI=1S/C19H21NO3/c1-20-9-8-14-11-16-18(23-12-22-16)19(21-2)17(14)15(20)10-13-6-4-3-5-7-13/h3-7,11,15H,8-10,12H2,1-2H3/t15-/m1/s1. The van der Waals surface area contributed by atoms with E-state index in [-0.39, 0.29) is 12.8 Å². The molecule has 23 heavy (non-hydrogen) atoms. The number of ether oxygens (including phenoxy) is 3. The van der Waals surface area contributed by atoms with Crippen molar-refractivity contribution in [1.29, 1.82) is 0 Å². The molecule has 0 bridgehead atoms. The van der Waals surface area contributed by atoms with Gasteiger partial charge in [-0.05, 0) is 37.1 Å². The van der Waals surface area contributed by atoms with Gasteiger partial charge in [0.2, 0.25) is 12.5 Å². The number of hydrogen-bond acceptors (Lipinski definition) is 4. The second-order valence-electron chi connectivity index (χ2n) is 6.15. The van der Waals surface area contributed by atoms with E-state index < -0.39 is 0 Å². The van der Waals surface area contributed by atoms with Crippen molar-refractivity contribution in [3.63, 3.8) is 0 Å². The van der Waals surface area contributed by atoms with Crippen molar-refractivity contribution < 1.29 is 14.2 Å². The lowest BCUT2D eigenvalue weighted by Crippen LogP contribution is -2.33. The van der Waals surface area contributed by atoms with Gasteiger partial charge >= 0.3 is 0 Å². The van der Waals surface area contributed by atoms with Crippen molar-refractivity contribution in [1.82, 2.24) is 4.90 Å². The molecule has 2 aliphatic heterocycles. The Morgan fingerprint density at radius 1 is 1.22 bits per heavy atom. The van der Waals surface area contributed by atoms with E-state index in [1.165, 1.54) is 16.7 Å². The molecular weight excluding hydrogens is 290 g/mol. The topological polar surface area (TPSA) is 30.9 Å². The zero-order valence-corrected chi connectivity index (χ0v) is 13.5. The van der Waals surface area contributed by atoms with E-state index in [1.54, 1.807) is 7.11 Å². The minimum atomic E-state index is 0.272. The molecule has 2 aromatic rings. The fourth-order valence-corrected chi connectivity index (χ4v) is 3.62. The number of nitrogens with zero attached hydrogens (tertiary/aromatic N) is 1. The lowest BCUT2D eigenvalue weighted by atomic mass is 9.87. The quantitative estimate of drug-likeness (QED) is 0.871. The SMILES string of the molecule is COc1c2c(cc3c1[C@@H](Cc1ccccc1)N(C)CC3)OCO2. The molecule has 4 nitrogen and oxygen atoms in total. The summed E-state index contributed by atoms with van der Waals surface area (Å²) in [6.45, 7) is 1.31. The molecule has 2 heterocycles. The van der Waals surface area contributed by atoms with Crippen LogP contribution in [0, 0.1) is 0 Å². The van der Waals surface area contributed by atoms with Crippen molar-refractivity contribution in [3.05, 3.63) is 53.1 Å². The normalized spacial score (nSPS) is 19.5. The Labute approximate surface area is 136 Å². The van der Waals surface area contributed by atoms with E-state index in [0.29, 0.717) is 0 Å². The maximum atomic E-state index is 5.74. The smallest absolute Gasteiger partial charge is 0.231 e. The highest BCUT2D eigenvalue weighted by molar-refractivity contribution is 5.62. The second kappa shape index (κ2) is 5.78. The van der Waals surface area contributed by atoms with Crippen molar-refractivity contribution in [2.24, 2.45) is 0 Å². The molecule has 120 valence electrons. The molecule has 0 aromatic heterocycles. The Bertz CT molecular complexity index is 714. The largest absolute Gasteiger partial charge is 0.492 e. The number of hydrogen-bond donors (Lipinski definition) is 0. The summed E-state index contributed by atoms with van der Waals surface area (Å²) < 4.78 is 17.0. The van der Waals surface area contributed by atoms with Gasteiger partial charge in [0.25, 0.3) is 0 Å². The van der Waals surface area contributed by atoms with Crippen LogP contribution >= 0.6 is 0 Å². The third-order valence-electron chi connectivity index (χ3n) is 4.82. The third-order valence-corrected chi connectivity index (χ3v) is 4.82. The molecule has 2 aliphatic rings. The minimum absolute atomic E-state index is 0.272. The Morgan fingerprint density at radius 2 is 2.04 bits per heavy atom. The molecule has 0 spiro atoms. The number of likely N-dealkylation sites (N-methyl/N-ethyl adjacent to an activating group) is 1. The molecule has 2 aromatic carbocycles. The summed E-state index contributed by atoms with van der Waals surface area (Å²) in [4.78, 5) is 2.40. The number of methoxy groups -OCH3 is 1. The average Bonchev–Trinajstić information content (AvgIpc) is 3.04. The Kier molecular flexibility index (Phi) is 3.62. The fourth-order valence-electron chi connectivity index (χ4n) is 3.62. The monoisotopic (exact) mass is 311 g/mol. The van der Waals surface area contributed by atoms with Crippen LogP contribution in [0.5, 0.6) is 17.2 Å². The summed E-state index contributed by atoms with van der Waals surface area (Å²) in [5, 5.41) is 0. The molecule has 0 radical (unpaired) electrons. The van der Waals surface area contributed by atoms with Crippen LogP contribution in [0.2, 0.25) is 0 Å². The van der Waals surface area contributed by atoms with Crippen molar-refractivity contribution >= 4 is 0 Å².